The summed E-state index contributed by atoms with van der Waals surface area (Å²) in [6.07, 6.45) is 0. The van der Waals surface area contributed by atoms with Crippen molar-refractivity contribution < 1.29 is 20.8 Å². The van der Waals surface area contributed by atoms with Crippen molar-refractivity contribution in [2.45, 2.75) is 26.8 Å². The number of carboxylic acids is 1. The molecule has 1 unspecified atom stereocenters. The van der Waals surface area contributed by atoms with E-state index in [1.807, 2.05) is 0 Å². The van der Waals surface area contributed by atoms with Crippen LogP contribution in [-0.4, -0.2) is 30.2 Å². The van der Waals surface area contributed by atoms with Crippen LogP contribution in [-0.2, 0) is 14.3 Å². The van der Waals surface area contributed by atoms with Crippen LogP contribution in [0.25, 0.3) is 0 Å². The van der Waals surface area contributed by atoms with Crippen LogP contribution >= 0.6 is 0 Å². The first-order valence-electron chi connectivity index (χ1n) is 4.84. The first kappa shape index (κ1) is 11.0. The molecule has 0 radical (unpaired) electrons. The number of carboxylic acid groups (broad SMARTS) is 1. The lowest BCUT2D eigenvalue weighted by Gasteiger charge is -2.30. The molecule has 82 valence electrons. The number of carbonyl (C=O) groups excluding carboxylic acids is 1. The maximum absolute atomic E-state index is 11.1. The van der Waals surface area contributed by atoms with Gasteiger partial charge in [-0.05, 0) is 5.41 Å². The summed E-state index contributed by atoms with van der Waals surface area (Å²) in [5, 5.41) is 8.98. The molecule has 0 saturated heterocycles. The van der Waals surface area contributed by atoms with E-state index in [2.05, 4.69) is 4.74 Å². The van der Waals surface area contributed by atoms with Crippen LogP contribution < -0.4 is 5.73 Å². The van der Waals surface area contributed by atoms with Crippen molar-refractivity contribution in [3.8, 4) is 0 Å². The lowest BCUT2D eigenvalue weighted by Crippen LogP contribution is -2.48. The fourth-order valence-electron chi connectivity index (χ4n) is 1.25. The third-order valence-electron chi connectivity index (χ3n) is 1.94. The van der Waals surface area contributed by atoms with Crippen molar-refractivity contribution in [3.05, 3.63) is 0 Å². The van der Waals surface area contributed by atoms with E-state index in [1.165, 1.54) is 0 Å². The van der Waals surface area contributed by atoms with Gasteiger partial charge in [-0.15, -0.1) is 0 Å². The normalized spacial score (nSPS) is 16.7. The first-order valence-corrected chi connectivity index (χ1v) is 4.13. The molecular weight excluding hydrogens is 186 g/mol. The fraction of sp³-hybridized carbons (Fsp3) is 0.778. The summed E-state index contributed by atoms with van der Waals surface area (Å²) >= 11 is 0. The lowest BCUT2D eigenvalue weighted by atomic mass is 9.76. The molecule has 2 atom stereocenters. The summed E-state index contributed by atoms with van der Waals surface area (Å²) in [6, 6.07) is -1.24. The number of rotatable bonds is 3. The van der Waals surface area contributed by atoms with Crippen LogP contribution in [0.2, 0.25) is 0 Å². The van der Waals surface area contributed by atoms with Crippen molar-refractivity contribution in [3.63, 3.8) is 0 Å². The van der Waals surface area contributed by atoms with Gasteiger partial charge in [0.25, 0.3) is 0 Å². The Morgan fingerprint density at radius 3 is 2.36 bits per heavy atom. The van der Waals surface area contributed by atoms with Gasteiger partial charge in [-0.25, -0.2) is 0 Å². The van der Waals surface area contributed by atoms with Crippen molar-refractivity contribution in [2.24, 2.45) is 17.1 Å². The van der Waals surface area contributed by atoms with Gasteiger partial charge in [-0.1, -0.05) is 20.7 Å². The second-order valence-corrected chi connectivity index (χ2v) is 3.85. The molecule has 0 spiro atoms. The zero-order valence-electron chi connectivity index (χ0n) is 9.61. The van der Waals surface area contributed by atoms with Gasteiger partial charge in [0.15, 0.2) is 0 Å². The van der Waals surface area contributed by atoms with E-state index in [0.717, 1.165) is 7.11 Å². The van der Waals surface area contributed by atoms with E-state index < -0.39 is 29.3 Å². The molecule has 0 aromatic carbocycles. The van der Waals surface area contributed by atoms with Gasteiger partial charge < -0.3 is 15.6 Å². The second kappa shape index (κ2) is 4.41. The minimum absolute atomic E-state index is 0.130. The SMILES string of the molecule is [2H]CC(C)(C)C(C(=O)O)[C@H](N)C(=O)OC. The Hall–Kier alpha value is -1.10. The van der Waals surface area contributed by atoms with E-state index in [1.54, 1.807) is 13.8 Å². The van der Waals surface area contributed by atoms with Crippen LogP contribution in [0, 0.1) is 11.3 Å². The number of methoxy groups -OCH3 is 1. The van der Waals surface area contributed by atoms with E-state index in [9.17, 15) is 9.59 Å². The van der Waals surface area contributed by atoms with Crippen LogP contribution in [0.4, 0.5) is 0 Å². The molecule has 5 nitrogen and oxygen atoms in total. The summed E-state index contributed by atoms with van der Waals surface area (Å²) in [6.45, 7) is 3.04. The highest BCUT2D eigenvalue weighted by atomic mass is 16.5. The molecule has 5 heteroatoms. The maximum atomic E-state index is 11.1. The Bertz CT molecular complexity index is 254. The van der Waals surface area contributed by atoms with E-state index in [0.29, 0.717) is 0 Å². The molecule has 0 aliphatic heterocycles. The average molecular weight is 204 g/mol. The van der Waals surface area contributed by atoms with E-state index in [4.69, 9.17) is 12.2 Å². The fourth-order valence-corrected chi connectivity index (χ4v) is 1.25. The van der Waals surface area contributed by atoms with Gasteiger partial charge in [-0.2, -0.15) is 0 Å². The Balaban J connectivity index is 4.98. The second-order valence-electron chi connectivity index (χ2n) is 3.85. The topological polar surface area (TPSA) is 89.6 Å². The van der Waals surface area contributed by atoms with Crippen LogP contribution in [0.3, 0.4) is 0 Å². The number of hydrogen-bond acceptors (Lipinski definition) is 4. The number of ether oxygens (including phenoxy) is 1. The number of nitrogens with two attached hydrogens (primary N) is 1. The van der Waals surface area contributed by atoms with Crippen molar-refractivity contribution >= 4 is 11.9 Å². The molecular formula is C9H17NO4. The molecule has 0 aliphatic rings. The van der Waals surface area contributed by atoms with Crippen LogP contribution in [0.1, 0.15) is 22.1 Å². The predicted octanol–water partition coefficient (Wildman–Crippen LogP) is 0.234. The minimum atomic E-state index is -1.24. The zero-order chi connectivity index (χ0) is 12.2. The molecule has 0 rings (SSSR count). The highest BCUT2D eigenvalue weighted by molar-refractivity contribution is 5.84. The molecule has 0 saturated carbocycles. The molecule has 0 heterocycles. The highest BCUT2D eigenvalue weighted by Crippen LogP contribution is 2.28. The van der Waals surface area contributed by atoms with Gasteiger partial charge in [-0.3, -0.25) is 9.59 Å². The van der Waals surface area contributed by atoms with Gasteiger partial charge >= 0.3 is 11.9 Å². The standard InChI is InChI=1S/C9H17NO4/c1-9(2,3)5(7(11)12)6(10)8(13)14-4/h5-6H,10H2,1-4H3,(H,11,12)/t5?,6-/m0/s1/i1D. The molecule has 0 amide bonds. The lowest BCUT2D eigenvalue weighted by molar-refractivity contribution is -0.155. The van der Waals surface area contributed by atoms with Crippen molar-refractivity contribution in [1.82, 2.24) is 0 Å². The smallest absolute Gasteiger partial charge is 0.323 e. The minimum Gasteiger partial charge on any atom is -0.481 e. The molecule has 14 heavy (non-hydrogen) atoms. The van der Waals surface area contributed by atoms with Gasteiger partial charge in [0.2, 0.25) is 0 Å². The summed E-state index contributed by atoms with van der Waals surface area (Å²) in [4.78, 5) is 22.1. The Morgan fingerprint density at radius 1 is 1.57 bits per heavy atom. The Kier molecular flexibility index (Phi) is 3.46. The number of hydrogen-bond donors (Lipinski definition) is 2. The van der Waals surface area contributed by atoms with E-state index in [-0.39, 0.29) is 6.90 Å². The number of carbonyl (C=O) groups is 2. The molecule has 0 bridgehead atoms. The summed E-state index contributed by atoms with van der Waals surface area (Å²) in [5.41, 5.74) is 4.62. The predicted molar refractivity (Wildman–Crippen MR) is 50.6 cm³/mol. The molecule has 0 aromatic heterocycles. The maximum Gasteiger partial charge on any atom is 0.323 e. The quantitative estimate of drug-likeness (QED) is 0.642. The summed E-state index contributed by atoms with van der Waals surface area (Å²) in [7, 11) is 1.15. The van der Waals surface area contributed by atoms with E-state index >= 15 is 0 Å². The van der Waals surface area contributed by atoms with Gasteiger partial charge in [0.1, 0.15) is 6.04 Å². The molecule has 0 aliphatic carbocycles. The first-order chi connectivity index (χ1) is 6.77. The molecule has 0 fully saturated rings. The van der Waals surface area contributed by atoms with Crippen LogP contribution in [0.15, 0.2) is 0 Å². The summed E-state index contributed by atoms with van der Waals surface area (Å²) < 4.78 is 11.6. The number of esters is 1. The average Bonchev–Trinajstić information content (AvgIpc) is 2.15. The van der Waals surface area contributed by atoms with Crippen LogP contribution in [0.5, 0.6) is 0 Å². The van der Waals surface area contributed by atoms with Gasteiger partial charge in [0.05, 0.1) is 13.0 Å². The Labute approximate surface area is 84.6 Å². The van der Waals surface area contributed by atoms with Crippen molar-refractivity contribution in [2.75, 3.05) is 7.11 Å². The monoisotopic (exact) mass is 204 g/mol. The summed E-state index contributed by atoms with van der Waals surface area (Å²) in [5.74, 6) is -3.09. The van der Waals surface area contributed by atoms with Gasteiger partial charge in [0, 0.05) is 1.37 Å². The highest BCUT2D eigenvalue weighted by Gasteiger charge is 2.40. The number of aliphatic carboxylic acids is 1. The third kappa shape index (κ3) is 2.99. The molecule has 0 aromatic rings. The molecule has 3 N–H and O–H groups in total. The largest absolute Gasteiger partial charge is 0.481 e. The van der Waals surface area contributed by atoms with Crippen molar-refractivity contribution in [1.29, 1.82) is 0 Å². The third-order valence-corrected chi connectivity index (χ3v) is 1.94. The zero-order valence-corrected chi connectivity index (χ0v) is 8.61. The Morgan fingerprint density at radius 2 is 2.07 bits per heavy atom.